The fourth-order valence-corrected chi connectivity index (χ4v) is 2.54. The maximum absolute atomic E-state index is 11.9. The third kappa shape index (κ3) is 3.32. The van der Waals surface area contributed by atoms with Gasteiger partial charge < -0.3 is 10.1 Å². The molecule has 1 amide bonds. The minimum Gasteiger partial charge on any atom is -0.461 e. The highest BCUT2D eigenvalue weighted by molar-refractivity contribution is 7.11. The monoisotopic (exact) mass is 282 g/mol. The molecule has 1 saturated carbocycles. The molecule has 0 radical (unpaired) electrons. The van der Waals surface area contributed by atoms with Gasteiger partial charge in [-0.25, -0.2) is 9.78 Å². The van der Waals surface area contributed by atoms with Crippen molar-refractivity contribution in [1.29, 1.82) is 0 Å². The van der Waals surface area contributed by atoms with Crippen LogP contribution in [0.4, 0.5) is 0 Å². The first-order valence-corrected chi connectivity index (χ1v) is 7.39. The van der Waals surface area contributed by atoms with Gasteiger partial charge in [-0.2, -0.15) is 0 Å². The summed E-state index contributed by atoms with van der Waals surface area (Å²) < 4.78 is 4.84. The summed E-state index contributed by atoms with van der Waals surface area (Å²) in [6.45, 7) is 4.87. The number of thiazole rings is 1. The normalized spacial score (nSPS) is 15.9. The number of amides is 1. The van der Waals surface area contributed by atoms with Crippen molar-refractivity contribution < 1.29 is 14.3 Å². The molecule has 0 unspecified atom stereocenters. The summed E-state index contributed by atoms with van der Waals surface area (Å²) in [6, 6.07) is 0. The van der Waals surface area contributed by atoms with Crippen molar-refractivity contribution in [2.45, 2.75) is 33.1 Å². The molecule has 1 aliphatic rings. The zero-order valence-electron chi connectivity index (χ0n) is 11.2. The van der Waals surface area contributed by atoms with E-state index in [0.717, 1.165) is 17.8 Å². The Hall–Kier alpha value is -1.43. The summed E-state index contributed by atoms with van der Waals surface area (Å²) in [5, 5.41) is 4.71. The topological polar surface area (TPSA) is 68.3 Å². The number of aromatic nitrogens is 1. The van der Waals surface area contributed by atoms with Crippen molar-refractivity contribution >= 4 is 23.2 Å². The summed E-state index contributed by atoms with van der Waals surface area (Å²) in [6.07, 6.45) is 3.43. The highest BCUT2D eigenvalue weighted by Gasteiger charge is 2.40. The maximum atomic E-state index is 11.9. The quantitative estimate of drug-likeness (QED) is 0.812. The Morgan fingerprint density at radius 1 is 1.47 bits per heavy atom. The third-order valence-corrected chi connectivity index (χ3v) is 4.34. The SMILES string of the molecule is CCOC(=O)c1nc(C(=O)NCC2(CC)CC2)cs1. The van der Waals surface area contributed by atoms with Crippen LogP contribution in [0.5, 0.6) is 0 Å². The van der Waals surface area contributed by atoms with Gasteiger partial charge in [0, 0.05) is 11.9 Å². The molecular formula is C13H18N2O3S. The summed E-state index contributed by atoms with van der Waals surface area (Å²) in [5.74, 6) is -0.690. The minimum atomic E-state index is -0.473. The van der Waals surface area contributed by atoms with Crippen LogP contribution in [0.15, 0.2) is 5.38 Å². The molecular weight excluding hydrogens is 264 g/mol. The number of ether oxygens (including phenoxy) is 1. The van der Waals surface area contributed by atoms with Crippen molar-refractivity contribution in [3.05, 3.63) is 16.1 Å². The van der Waals surface area contributed by atoms with Gasteiger partial charge in [0.2, 0.25) is 5.01 Å². The van der Waals surface area contributed by atoms with Crippen LogP contribution in [0.2, 0.25) is 0 Å². The number of hydrogen-bond donors (Lipinski definition) is 1. The lowest BCUT2D eigenvalue weighted by Crippen LogP contribution is -2.30. The molecule has 6 heteroatoms. The highest BCUT2D eigenvalue weighted by atomic mass is 32.1. The number of hydrogen-bond acceptors (Lipinski definition) is 5. The van der Waals surface area contributed by atoms with Gasteiger partial charge in [-0.05, 0) is 31.6 Å². The van der Waals surface area contributed by atoms with Crippen LogP contribution in [0.1, 0.15) is 53.4 Å². The van der Waals surface area contributed by atoms with Gasteiger partial charge in [-0.3, -0.25) is 4.79 Å². The fraction of sp³-hybridized carbons (Fsp3) is 0.615. The predicted octanol–water partition coefficient (Wildman–Crippen LogP) is 2.24. The molecule has 0 saturated heterocycles. The molecule has 0 spiro atoms. The molecule has 1 aromatic heterocycles. The van der Waals surface area contributed by atoms with Crippen LogP contribution in [-0.4, -0.2) is 30.0 Å². The second kappa shape index (κ2) is 5.69. The fourth-order valence-electron chi connectivity index (χ4n) is 1.86. The van der Waals surface area contributed by atoms with E-state index in [0.29, 0.717) is 24.3 Å². The third-order valence-electron chi connectivity index (χ3n) is 3.52. The number of carbonyl (C=O) groups is 2. The molecule has 19 heavy (non-hydrogen) atoms. The Balaban J connectivity index is 1.91. The van der Waals surface area contributed by atoms with E-state index in [4.69, 9.17) is 4.74 Å². The maximum Gasteiger partial charge on any atom is 0.367 e. The number of rotatable bonds is 6. The number of nitrogens with one attached hydrogen (secondary N) is 1. The van der Waals surface area contributed by atoms with Crippen LogP contribution < -0.4 is 5.32 Å². The van der Waals surface area contributed by atoms with Crippen molar-refractivity contribution in [2.24, 2.45) is 5.41 Å². The first kappa shape index (κ1) is 14.0. The molecule has 0 bridgehead atoms. The lowest BCUT2D eigenvalue weighted by Gasteiger charge is -2.12. The summed E-state index contributed by atoms with van der Waals surface area (Å²) in [5.41, 5.74) is 0.593. The van der Waals surface area contributed by atoms with Gasteiger partial charge >= 0.3 is 5.97 Å². The standard InChI is InChI=1S/C13H18N2O3S/c1-3-13(5-6-13)8-14-10(16)9-7-19-11(15-9)12(17)18-4-2/h7H,3-6,8H2,1-2H3,(H,14,16). The van der Waals surface area contributed by atoms with Crippen molar-refractivity contribution in [3.63, 3.8) is 0 Å². The van der Waals surface area contributed by atoms with Gasteiger partial charge in [-0.15, -0.1) is 11.3 Å². The Bertz CT molecular complexity index is 480. The lowest BCUT2D eigenvalue weighted by atomic mass is 10.0. The highest BCUT2D eigenvalue weighted by Crippen LogP contribution is 2.47. The Morgan fingerprint density at radius 2 is 2.21 bits per heavy atom. The number of esters is 1. The summed E-state index contributed by atoms with van der Waals surface area (Å²) in [7, 11) is 0. The van der Waals surface area contributed by atoms with E-state index < -0.39 is 5.97 Å². The Labute approximate surface area is 116 Å². The van der Waals surface area contributed by atoms with E-state index in [9.17, 15) is 9.59 Å². The molecule has 1 aromatic rings. The van der Waals surface area contributed by atoms with Crippen LogP contribution in [0, 0.1) is 5.41 Å². The molecule has 5 nitrogen and oxygen atoms in total. The average molecular weight is 282 g/mol. The zero-order chi connectivity index (χ0) is 13.9. The molecule has 0 aliphatic heterocycles. The van der Waals surface area contributed by atoms with Gasteiger partial charge in [0.25, 0.3) is 5.91 Å². The summed E-state index contributed by atoms with van der Waals surface area (Å²) in [4.78, 5) is 27.4. The number of nitrogens with zero attached hydrogens (tertiary/aromatic N) is 1. The van der Waals surface area contributed by atoms with Crippen molar-refractivity contribution in [3.8, 4) is 0 Å². The minimum absolute atomic E-state index is 0.216. The molecule has 0 atom stereocenters. The van der Waals surface area contributed by atoms with Gasteiger partial charge in [0.05, 0.1) is 6.61 Å². The molecule has 104 valence electrons. The predicted molar refractivity (Wildman–Crippen MR) is 72.4 cm³/mol. The molecule has 1 fully saturated rings. The van der Waals surface area contributed by atoms with Gasteiger partial charge in [0.1, 0.15) is 5.69 Å². The smallest absolute Gasteiger partial charge is 0.367 e. The van der Waals surface area contributed by atoms with E-state index in [2.05, 4.69) is 17.2 Å². The van der Waals surface area contributed by atoms with Crippen LogP contribution >= 0.6 is 11.3 Å². The second-order valence-electron chi connectivity index (χ2n) is 4.79. The van der Waals surface area contributed by atoms with E-state index >= 15 is 0 Å². The molecule has 0 aromatic carbocycles. The van der Waals surface area contributed by atoms with E-state index in [1.165, 1.54) is 12.8 Å². The second-order valence-corrected chi connectivity index (χ2v) is 5.65. The molecule has 1 heterocycles. The molecule has 1 N–H and O–H groups in total. The zero-order valence-corrected chi connectivity index (χ0v) is 12.0. The van der Waals surface area contributed by atoms with Gasteiger partial charge in [0.15, 0.2) is 0 Å². The molecule has 2 rings (SSSR count). The Morgan fingerprint density at radius 3 is 2.79 bits per heavy atom. The van der Waals surface area contributed by atoms with E-state index in [1.807, 2.05) is 0 Å². The molecule has 1 aliphatic carbocycles. The Kier molecular flexibility index (Phi) is 4.19. The van der Waals surface area contributed by atoms with E-state index in [-0.39, 0.29) is 10.9 Å². The van der Waals surface area contributed by atoms with Crippen LogP contribution in [0.3, 0.4) is 0 Å². The lowest BCUT2D eigenvalue weighted by molar-refractivity contribution is 0.0526. The van der Waals surface area contributed by atoms with Gasteiger partial charge in [-0.1, -0.05) is 6.92 Å². The van der Waals surface area contributed by atoms with Crippen molar-refractivity contribution in [2.75, 3.05) is 13.2 Å². The first-order chi connectivity index (χ1) is 9.10. The van der Waals surface area contributed by atoms with Crippen LogP contribution in [0.25, 0.3) is 0 Å². The number of carbonyl (C=O) groups excluding carboxylic acids is 2. The first-order valence-electron chi connectivity index (χ1n) is 6.51. The van der Waals surface area contributed by atoms with Crippen molar-refractivity contribution in [1.82, 2.24) is 10.3 Å². The largest absolute Gasteiger partial charge is 0.461 e. The summed E-state index contributed by atoms with van der Waals surface area (Å²) >= 11 is 1.13. The average Bonchev–Trinajstić information content (AvgIpc) is 3.02. The van der Waals surface area contributed by atoms with Crippen LogP contribution in [-0.2, 0) is 4.74 Å². The van der Waals surface area contributed by atoms with E-state index in [1.54, 1.807) is 12.3 Å².